The molecule has 0 atom stereocenters. The van der Waals surface area contributed by atoms with Crippen molar-refractivity contribution in [2.75, 3.05) is 0 Å². The Hall–Kier alpha value is -2.28. The van der Waals surface area contributed by atoms with Crippen LogP contribution >= 0.6 is 0 Å². The van der Waals surface area contributed by atoms with Crippen LogP contribution in [0.3, 0.4) is 0 Å². The predicted molar refractivity (Wildman–Crippen MR) is 67.5 cm³/mol. The van der Waals surface area contributed by atoms with Crippen molar-refractivity contribution in [2.24, 2.45) is 5.73 Å². The molecule has 1 aliphatic carbocycles. The van der Waals surface area contributed by atoms with Gasteiger partial charge in [0.05, 0.1) is 0 Å². The van der Waals surface area contributed by atoms with E-state index in [-0.39, 0.29) is 11.3 Å². The lowest BCUT2D eigenvalue weighted by atomic mass is 9.87. The molecule has 1 aliphatic rings. The maximum Gasteiger partial charge on any atom is 0.259 e. The first-order valence-electron chi connectivity index (χ1n) is 5.88. The van der Waals surface area contributed by atoms with Gasteiger partial charge in [-0.2, -0.15) is 5.26 Å². The molecular formula is C14H14N2O2. The average Bonchev–Trinajstić information content (AvgIpc) is 2.35. The summed E-state index contributed by atoms with van der Waals surface area (Å²) < 4.78 is 0. The Labute approximate surface area is 105 Å². The summed E-state index contributed by atoms with van der Waals surface area (Å²) in [6.07, 6.45) is 5.46. The molecule has 1 amide bonds. The number of aryl methyl sites for hydroxylation is 1. The molecule has 0 unspecified atom stereocenters. The number of aromatic hydroxyl groups is 1. The fourth-order valence-corrected chi connectivity index (χ4v) is 2.33. The summed E-state index contributed by atoms with van der Waals surface area (Å²) in [5.41, 5.74) is 7.95. The van der Waals surface area contributed by atoms with Gasteiger partial charge in [0, 0.05) is 0 Å². The van der Waals surface area contributed by atoms with Crippen molar-refractivity contribution in [3.05, 3.63) is 34.4 Å². The SMILES string of the molecule is N#C/C(=C/c1cc(O)cc2c1CCCC2)C(N)=O. The van der Waals surface area contributed by atoms with Crippen molar-refractivity contribution >= 4 is 12.0 Å². The molecule has 0 aromatic heterocycles. The minimum Gasteiger partial charge on any atom is -0.508 e. The summed E-state index contributed by atoms with van der Waals surface area (Å²) in [6.45, 7) is 0. The van der Waals surface area contributed by atoms with E-state index < -0.39 is 5.91 Å². The van der Waals surface area contributed by atoms with Gasteiger partial charge in [-0.1, -0.05) is 0 Å². The van der Waals surface area contributed by atoms with Gasteiger partial charge in [-0.05, 0) is 60.6 Å². The molecular weight excluding hydrogens is 228 g/mol. The highest BCUT2D eigenvalue weighted by atomic mass is 16.3. The summed E-state index contributed by atoms with van der Waals surface area (Å²) in [5.74, 6) is -0.589. The Bertz CT molecular complexity index is 568. The lowest BCUT2D eigenvalue weighted by Crippen LogP contribution is -2.13. The molecule has 1 aromatic carbocycles. The number of benzene rings is 1. The Morgan fingerprint density at radius 1 is 1.39 bits per heavy atom. The molecule has 0 fully saturated rings. The van der Waals surface area contributed by atoms with E-state index in [1.54, 1.807) is 18.2 Å². The molecule has 3 N–H and O–H groups in total. The third kappa shape index (κ3) is 2.35. The molecule has 0 radical (unpaired) electrons. The Morgan fingerprint density at radius 2 is 2.11 bits per heavy atom. The van der Waals surface area contributed by atoms with Crippen molar-refractivity contribution in [1.82, 2.24) is 0 Å². The number of nitrogens with zero attached hydrogens (tertiary/aromatic N) is 1. The van der Waals surface area contributed by atoms with E-state index in [9.17, 15) is 9.90 Å². The molecule has 0 aliphatic heterocycles. The number of hydrogen-bond donors (Lipinski definition) is 2. The van der Waals surface area contributed by atoms with Gasteiger partial charge in [0.1, 0.15) is 17.4 Å². The number of carbonyl (C=O) groups is 1. The van der Waals surface area contributed by atoms with Crippen LogP contribution in [-0.2, 0) is 17.6 Å². The number of nitrogens with two attached hydrogens (primary N) is 1. The van der Waals surface area contributed by atoms with Crippen LogP contribution in [0.25, 0.3) is 6.08 Å². The van der Waals surface area contributed by atoms with Crippen molar-refractivity contribution < 1.29 is 9.90 Å². The molecule has 0 heterocycles. The number of amides is 1. The number of nitriles is 1. The summed E-state index contributed by atoms with van der Waals surface area (Å²) in [4.78, 5) is 11.1. The third-order valence-electron chi connectivity index (χ3n) is 3.17. The molecule has 0 saturated carbocycles. The monoisotopic (exact) mass is 242 g/mol. The van der Waals surface area contributed by atoms with Crippen LogP contribution in [-0.4, -0.2) is 11.0 Å². The normalized spacial score (nSPS) is 14.7. The highest BCUT2D eigenvalue weighted by molar-refractivity contribution is 6.00. The molecule has 2 rings (SSSR count). The number of primary amides is 1. The zero-order valence-corrected chi connectivity index (χ0v) is 9.94. The van der Waals surface area contributed by atoms with Gasteiger partial charge >= 0.3 is 0 Å². The first-order valence-corrected chi connectivity index (χ1v) is 5.88. The summed E-state index contributed by atoms with van der Waals surface area (Å²) >= 11 is 0. The summed E-state index contributed by atoms with van der Waals surface area (Å²) in [5, 5.41) is 18.5. The molecule has 92 valence electrons. The molecule has 0 spiro atoms. The van der Waals surface area contributed by atoms with E-state index in [1.165, 1.54) is 6.08 Å². The zero-order valence-electron chi connectivity index (χ0n) is 9.94. The van der Waals surface area contributed by atoms with E-state index in [2.05, 4.69) is 0 Å². The van der Waals surface area contributed by atoms with Crippen molar-refractivity contribution in [3.8, 4) is 11.8 Å². The first kappa shape index (κ1) is 12.2. The van der Waals surface area contributed by atoms with E-state index in [4.69, 9.17) is 11.0 Å². The Balaban J connectivity index is 2.54. The third-order valence-corrected chi connectivity index (χ3v) is 3.17. The first-order chi connectivity index (χ1) is 8.61. The Kier molecular flexibility index (Phi) is 3.33. The van der Waals surface area contributed by atoms with Crippen LogP contribution in [0.5, 0.6) is 5.75 Å². The maximum atomic E-state index is 11.1. The van der Waals surface area contributed by atoms with Crippen molar-refractivity contribution in [2.45, 2.75) is 25.7 Å². The second-order valence-corrected chi connectivity index (χ2v) is 4.41. The number of hydrogen-bond acceptors (Lipinski definition) is 3. The van der Waals surface area contributed by atoms with E-state index in [0.29, 0.717) is 0 Å². The van der Waals surface area contributed by atoms with Gasteiger partial charge in [-0.3, -0.25) is 4.79 Å². The van der Waals surface area contributed by atoms with Gasteiger partial charge in [0.25, 0.3) is 5.91 Å². The number of rotatable bonds is 2. The zero-order chi connectivity index (χ0) is 13.1. The fourth-order valence-electron chi connectivity index (χ4n) is 2.33. The van der Waals surface area contributed by atoms with E-state index >= 15 is 0 Å². The molecule has 0 saturated heterocycles. The maximum absolute atomic E-state index is 11.1. The van der Waals surface area contributed by atoms with Gasteiger partial charge in [0.2, 0.25) is 0 Å². The van der Waals surface area contributed by atoms with Gasteiger partial charge in [-0.15, -0.1) is 0 Å². The van der Waals surface area contributed by atoms with Gasteiger partial charge in [-0.25, -0.2) is 0 Å². The second kappa shape index (κ2) is 4.92. The summed E-state index contributed by atoms with van der Waals surface area (Å²) in [6, 6.07) is 5.11. The smallest absolute Gasteiger partial charge is 0.259 e. The second-order valence-electron chi connectivity index (χ2n) is 4.41. The highest BCUT2D eigenvalue weighted by Gasteiger charge is 2.15. The highest BCUT2D eigenvalue weighted by Crippen LogP contribution is 2.30. The standard InChI is InChI=1S/C14H14N2O2/c15-8-11(14(16)18)5-10-7-12(17)6-9-3-1-2-4-13(9)10/h5-7,17H,1-4H2,(H2,16,18)/b11-5-. The van der Waals surface area contributed by atoms with Crippen LogP contribution in [0.4, 0.5) is 0 Å². The quantitative estimate of drug-likeness (QED) is 0.610. The van der Waals surface area contributed by atoms with E-state index in [1.807, 2.05) is 0 Å². The van der Waals surface area contributed by atoms with Crippen LogP contribution < -0.4 is 5.73 Å². The molecule has 18 heavy (non-hydrogen) atoms. The Morgan fingerprint density at radius 3 is 2.78 bits per heavy atom. The van der Waals surface area contributed by atoms with Crippen LogP contribution in [0, 0.1) is 11.3 Å². The minimum atomic E-state index is -0.745. The number of phenols is 1. The fraction of sp³-hybridized carbons (Fsp3) is 0.286. The summed E-state index contributed by atoms with van der Waals surface area (Å²) in [7, 11) is 0. The van der Waals surface area contributed by atoms with Crippen molar-refractivity contribution in [1.29, 1.82) is 5.26 Å². The molecule has 4 heteroatoms. The molecule has 4 nitrogen and oxygen atoms in total. The van der Waals surface area contributed by atoms with Crippen LogP contribution in [0.15, 0.2) is 17.7 Å². The topological polar surface area (TPSA) is 87.1 Å². The van der Waals surface area contributed by atoms with Crippen molar-refractivity contribution in [3.63, 3.8) is 0 Å². The molecule has 1 aromatic rings. The number of fused-ring (bicyclic) bond motifs is 1. The van der Waals surface area contributed by atoms with Crippen LogP contribution in [0.2, 0.25) is 0 Å². The van der Waals surface area contributed by atoms with E-state index in [0.717, 1.165) is 42.4 Å². The predicted octanol–water partition coefficient (Wildman–Crippen LogP) is 1.66. The largest absolute Gasteiger partial charge is 0.508 e. The number of phenolic OH excluding ortho intramolecular Hbond substituents is 1. The average molecular weight is 242 g/mol. The van der Waals surface area contributed by atoms with Gasteiger partial charge < -0.3 is 10.8 Å². The molecule has 0 bridgehead atoms. The number of carbonyl (C=O) groups excluding carboxylic acids is 1. The van der Waals surface area contributed by atoms with Gasteiger partial charge in [0.15, 0.2) is 0 Å². The lowest BCUT2D eigenvalue weighted by molar-refractivity contribution is -0.114. The lowest BCUT2D eigenvalue weighted by Gasteiger charge is -2.18. The van der Waals surface area contributed by atoms with Crippen LogP contribution in [0.1, 0.15) is 29.5 Å². The minimum absolute atomic E-state index is 0.0895.